The molecule has 0 radical (unpaired) electrons. The van der Waals surface area contributed by atoms with Crippen LogP contribution in [0, 0.1) is 0 Å². The molecule has 0 aliphatic heterocycles. The molecule has 3 aromatic heterocycles. The molecular formula is C20H18N6O. The smallest absolute Gasteiger partial charge is 0.256 e. The number of nitrogens with two attached hydrogens (primary N) is 1. The second-order valence-corrected chi connectivity index (χ2v) is 6.10. The van der Waals surface area contributed by atoms with Gasteiger partial charge in [-0.05, 0) is 36.2 Å². The molecule has 0 spiro atoms. The molecule has 3 N–H and O–H groups in total. The van der Waals surface area contributed by atoms with Gasteiger partial charge in [0.05, 0.1) is 5.69 Å². The van der Waals surface area contributed by atoms with Gasteiger partial charge < -0.3 is 15.5 Å². The summed E-state index contributed by atoms with van der Waals surface area (Å²) < 4.78 is 1.82. The van der Waals surface area contributed by atoms with Crippen molar-refractivity contribution >= 4 is 23.1 Å². The zero-order valence-electron chi connectivity index (χ0n) is 14.8. The number of benzene rings is 1. The van der Waals surface area contributed by atoms with E-state index in [9.17, 15) is 4.79 Å². The molecule has 7 heteroatoms. The summed E-state index contributed by atoms with van der Waals surface area (Å²) in [4.78, 5) is 25.2. The van der Waals surface area contributed by atoms with Crippen LogP contribution in [0.15, 0.2) is 61.3 Å². The minimum Gasteiger partial charge on any atom is -0.382 e. The molecule has 3 heterocycles. The quantitative estimate of drug-likeness (QED) is 0.584. The molecule has 7 nitrogen and oxygen atoms in total. The molecule has 0 fully saturated rings. The van der Waals surface area contributed by atoms with Crippen molar-refractivity contribution in [3.63, 3.8) is 0 Å². The number of nitrogens with one attached hydrogen (secondary N) is 1. The van der Waals surface area contributed by atoms with E-state index >= 15 is 0 Å². The number of fused-ring (bicyclic) bond motifs is 1. The van der Waals surface area contributed by atoms with Gasteiger partial charge in [-0.2, -0.15) is 0 Å². The number of hydrogen-bond acceptors (Lipinski definition) is 5. The Morgan fingerprint density at radius 3 is 2.70 bits per heavy atom. The first-order valence-corrected chi connectivity index (χ1v) is 8.59. The number of nitrogens with zero attached hydrogens (tertiary/aromatic N) is 4. The highest BCUT2D eigenvalue weighted by Crippen LogP contribution is 2.26. The van der Waals surface area contributed by atoms with E-state index < -0.39 is 0 Å². The van der Waals surface area contributed by atoms with E-state index in [0.29, 0.717) is 17.2 Å². The van der Waals surface area contributed by atoms with Crippen molar-refractivity contribution in [2.45, 2.75) is 13.3 Å². The van der Waals surface area contributed by atoms with Gasteiger partial charge in [0.2, 0.25) is 0 Å². The SMILES string of the molecule is CCc1ccnc(NC(=O)c2ccc(-c3ncn4ccnc(N)c34)cc2)c1. The summed E-state index contributed by atoms with van der Waals surface area (Å²) in [7, 11) is 0. The number of aromatic nitrogens is 4. The van der Waals surface area contributed by atoms with E-state index in [4.69, 9.17) is 5.73 Å². The fourth-order valence-corrected chi connectivity index (χ4v) is 2.92. The molecule has 0 aliphatic carbocycles. The Morgan fingerprint density at radius 2 is 1.93 bits per heavy atom. The number of anilines is 2. The van der Waals surface area contributed by atoms with Gasteiger partial charge >= 0.3 is 0 Å². The van der Waals surface area contributed by atoms with Crippen LogP contribution in [0.2, 0.25) is 0 Å². The summed E-state index contributed by atoms with van der Waals surface area (Å²) in [6.45, 7) is 2.06. The minimum atomic E-state index is -0.210. The summed E-state index contributed by atoms with van der Waals surface area (Å²) in [5.41, 5.74) is 9.97. The number of amides is 1. The van der Waals surface area contributed by atoms with Gasteiger partial charge in [-0.3, -0.25) is 4.79 Å². The van der Waals surface area contributed by atoms with Gasteiger partial charge in [-0.15, -0.1) is 0 Å². The zero-order chi connectivity index (χ0) is 18.8. The van der Waals surface area contributed by atoms with Crippen LogP contribution >= 0.6 is 0 Å². The van der Waals surface area contributed by atoms with E-state index in [1.54, 1.807) is 37.1 Å². The summed E-state index contributed by atoms with van der Waals surface area (Å²) in [5.74, 6) is 0.745. The van der Waals surface area contributed by atoms with Gasteiger partial charge in [0.1, 0.15) is 23.5 Å². The van der Waals surface area contributed by atoms with Gasteiger partial charge in [-0.25, -0.2) is 15.0 Å². The molecule has 1 amide bonds. The Morgan fingerprint density at radius 1 is 1.11 bits per heavy atom. The normalized spacial score (nSPS) is 10.9. The third-order valence-corrected chi connectivity index (χ3v) is 4.37. The fraction of sp³-hybridized carbons (Fsp3) is 0.100. The molecule has 0 saturated heterocycles. The van der Waals surface area contributed by atoms with Gasteiger partial charge in [0.25, 0.3) is 5.91 Å². The number of nitrogen functional groups attached to an aromatic ring is 1. The monoisotopic (exact) mass is 358 g/mol. The van der Waals surface area contributed by atoms with Crippen LogP contribution in [0.3, 0.4) is 0 Å². The number of pyridine rings is 1. The second-order valence-electron chi connectivity index (χ2n) is 6.10. The van der Waals surface area contributed by atoms with Crippen LogP contribution in [0.25, 0.3) is 16.8 Å². The van der Waals surface area contributed by atoms with Crippen LogP contribution in [0.1, 0.15) is 22.8 Å². The Kier molecular flexibility index (Phi) is 4.25. The number of hydrogen-bond donors (Lipinski definition) is 2. The topological polar surface area (TPSA) is 98.2 Å². The van der Waals surface area contributed by atoms with Crippen molar-refractivity contribution in [1.82, 2.24) is 19.4 Å². The lowest BCUT2D eigenvalue weighted by Crippen LogP contribution is -2.13. The molecule has 1 aromatic carbocycles. The van der Waals surface area contributed by atoms with Gasteiger partial charge in [-0.1, -0.05) is 19.1 Å². The summed E-state index contributed by atoms with van der Waals surface area (Å²) in [5, 5.41) is 2.83. The molecular weight excluding hydrogens is 340 g/mol. The third-order valence-electron chi connectivity index (χ3n) is 4.37. The summed E-state index contributed by atoms with van der Waals surface area (Å²) in [6, 6.07) is 11.0. The molecule has 0 atom stereocenters. The molecule has 134 valence electrons. The number of rotatable bonds is 4. The Balaban J connectivity index is 1.59. The van der Waals surface area contributed by atoms with Crippen molar-refractivity contribution in [2.75, 3.05) is 11.1 Å². The Labute approximate surface area is 155 Å². The van der Waals surface area contributed by atoms with E-state index in [-0.39, 0.29) is 5.91 Å². The number of imidazole rings is 1. The van der Waals surface area contributed by atoms with Crippen molar-refractivity contribution < 1.29 is 4.79 Å². The van der Waals surface area contributed by atoms with Crippen LogP contribution in [-0.2, 0) is 6.42 Å². The summed E-state index contributed by atoms with van der Waals surface area (Å²) in [6.07, 6.45) is 7.69. The average molecular weight is 358 g/mol. The van der Waals surface area contributed by atoms with Gasteiger partial charge in [0.15, 0.2) is 0 Å². The molecule has 0 saturated carbocycles. The predicted molar refractivity (Wildman–Crippen MR) is 104 cm³/mol. The van der Waals surface area contributed by atoms with Crippen molar-refractivity contribution in [1.29, 1.82) is 0 Å². The van der Waals surface area contributed by atoms with Crippen molar-refractivity contribution in [3.05, 3.63) is 72.4 Å². The largest absolute Gasteiger partial charge is 0.382 e. The van der Waals surface area contributed by atoms with E-state index in [1.165, 1.54) is 0 Å². The predicted octanol–water partition coefficient (Wildman–Crippen LogP) is 3.19. The van der Waals surface area contributed by atoms with Crippen LogP contribution in [0.4, 0.5) is 11.6 Å². The Hall–Kier alpha value is -3.74. The first-order valence-electron chi connectivity index (χ1n) is 8.59. The minimum absolute atomic E-state index is 0.210. The molecule has 0 bridgehead atoms. The zero-order valence-corrected chi connectivity index (χ0v) is 14.8. The lowest BCUT2D eigenvalue weighted by molar-refractivity contribution is 0.102. The van der Waals surface area contributed by atoms with E-state index in [1.807, 2.05) is 28.7 Å². The lowest BCUT2D eigenvalue weighted by Gasteiger charge is -2.07. The van der Waals surface area contributed by atoms with Crippen molar-refractivity contribution in [2.24, 2.45) is 0 Å². The first-order chi connectivity index (χ1) is 13.2. The maximum Gasteiger partial charge on any atom is 0.256 e. The fourth-order valence-electron chi connectivity index (χ4n) is 2.92. The number of aryl methyl sites for hydroxylation is 1. The average Bonchev–Trinajstić information content (AvgIpc) is 3.14. The maximum absolute atomic E-state index is 12.5. The lowest BCUT2D eigenvalue weighted by atomic mass is 10.1. The Bertz CT molecular complexity index is 1120. The highest BCUT2D eigenvalue weighted by Gasteiger charge is 2.12. The van der Waals surface area contributed by atoms with E-state index in [2.05, 4.69) is 27.2 Å². The molecule has 27 heavy (non-hydrogen) atoms. The second kappa shape index (κ2) is 6.87. The maximum atomic E-state index is 12.5. The molecule has 4 rings (SSSR count). The van der Waals surface area contributed by atoms with Crippen molar-refractivity contribution in [3.8, 4) is 11.3 Å². The standard InChI is InChI=1S/C20H18N6O/c1-2-13-7-8-22-16(11-13)25-20(27)15-5-3-14(4-6-15)17-18-19(21)23-9-10-26(18)12-24-17/h3-12H,2H2,1H3,(H2,21,23)(H,22,25,27). The summed E-state index contributed by atoms with van der Waals surface area (Å²) >= 11 is 0. The molecule has 0 unspecified atom stereocenters. The van der Waals surface area contributed by atoms with E-state index in [0.717, 1.165) is 28.8 Å². The number of carbonyl (C=O) groups is 1. The molecule has 0 aliphatic rings. The van der Waals surface area contributed by atoms with Crippen LogP contribution in [-0.4, -0.2) is 25.3 Å². The highest BCUT2D eigenvalue weighted by molar-refractivity contribution is 6.04. The highest BCUT2D eigenvalue weighted by atomic mass is 16.1. The number of carbonyl (C=O) groups excluding carboxylic acids is 1. The van der Waals surface area contributed by atoms with Crippen LogP contribution in [0.5, 0.6) is 0 Å². The van der Waals surface area contributed by atoms with Crippen LogP contribution < -0.4 is 11.1 Å². The third kappa shape index (κ3) is 3.22. The first kappa shape index (κ1) is 16.7. The van der Waals surface area contributed by atoms with Gasteiger partial charge in [0, 0.05) is 29.7 Å². The molecule has 4 aromatic rings.